The first-order chi connectivity index (χ1) is 12.1. The fourth-order valence-corrected chi connectivity index (χ4v) is 5.43. The predicted octanol–water partition coefficient (Wildman–Crippen LogP) is 2.89. The number of carbonyl (C=O) groups excluding carboxylic acids is 1. The van der Waals surface area contributed by atoms with Gasteiger partial charge in [0.2, 0.25) is 5.91 Å². The summed E-state index contributed by atoms with van der Waals surface area (Å²) in [5, 5.41) is 4.12. The number of fused-ring (bicyclic) bond motifs is 3. The van der Waals surface area contributed by atoms with Crippen LogP contribution in [0.15, 0.2) is 22.6 Å². The van der Waals surface area contributed by atoms with Gasteiger partial charge in [0.25, 0.3) is 5.56 Å². The highest BCUT2D eigenvalue weighted by molar-refractivity contribution is 8.00. The molecule has 1 saturated carbocycles. The topological polar surface area (TPSA) is 64.0 Å². The molecule has 1 fully saturated rings. The van der Waals surface area contributed by atoms with Crippen molar-refractivity contribution < 1.29 is 4.79 Å². The summed E-state index contributed by atoms with van der Waals surface area (Å²) < 4.78 is 1.66. The summed E-state index contributed by atoms with van der Waals surface area (Å²) in [5.41, 5.74) is 1.19. The van der Waals surface area contributed by atoms with E-state index in [1.54, 1.807) is 22.0 Å². The Bertz CT molecular complexity index is 911. The lowest BCUT2D eigenvalue weighted by atomic mass is 10.2. The maximum absolute atomic E-state index is 13.1. The number of nitrogens with zero attached hydrogens (tertiary/aromatic N) is 2. The van der Waals surface area contributed by atoms with Crippen LogP contribution in [0.25, 0.3) is 10.2 Å². The zero-order chi connectivity index (χ0) is 17.6. The smallest absolute Gasteiger partial charge is 0.263 e. The van der Waals surface area contributed by atoms with Gasteiger partial charge in [-0.25, -0.2) is 4.98 Å². The predicted molar refractivity (Wildman–Crippen MR) is 103 cm³/mol. The Kier molecular flexibility index (Phi) is 4.45. The number of thiophene rings is 1. The quantitative estimate of drug-likeness (QED) is 0.479. The Morgan fingerprint density at radius 2 is 2.32 bits per heavy atom. The summed E-state index contributed by atoms with van der Waals surface area (Å²) >= 11 is 2.99. The van der Waals surface area contributed by atoms with Gasteiger partial charge < -0.3 is 5.32 Å². The van der Waals surface area contributed by atoms with E-state index < -0.39 is 0 Å². The van der Waals surface area contributed by atoms with Crippen molar-refractivity contribution in [2.75, 3.05) is 0 Å². The molecule has 0 aromatic carbocycles. The third-order valence-corrected chi connectivity index (χ3v) is 6.95. The number of rotatable bonds is 6. The van der Waals surface area contributed by atoms with E-state index in [0.29, 0.717) is 17.7 Å². The van der Waals surface area contributed by atoms with Crippen LogP contribution in [0.5, 0.6) is 0 Å². The number of carbonyl (C=O) groups is 1. The Morgan fingerprint density at radius 1 is 1.52 bits per heavy atom. The van der Waals surface area contributed by atoms with E-state index in [4.69, 9.17) is 4.98 Å². The molecule has 2 aromatic rings. The number of aromatic nitrogens is 2. The SMILES string of the molecule is C=CCn1c(S[C@H](C)C(=O)NC2CC2)nc2sc3c(c2c1=O)CCC3. The first-order valence-corrected chi connectivity index (χ1v) is 10.4. The lowest BCUT2D eigenvalue weighted by Gasteiger charge is -2.14. The molecule has 0 saturated heterocycles. The van der Waals surface area contributed by atoms with Crippen LogP contribution in [0.4, 0.5) is 0 Å². The Morgan fingerprint density at radius 3 is 3.04 bits per heavy atom. The van der Waals surface area contributed by atoms with Crippen LogP contribution < -0.4 is 10.9 Å². The highest BCUT2D eigenvalue weighted by atomic mass is 32.2. The van der Waals surface area contributed by atoms with Crippen LogP contribution in [0.1, 0.15) is 36.6 Å². The second-order valence-electron chi connectivity index (χ2n) is 6.68. The van der Waals surface area contributed by atoms with E-state index in [-0.39, 0.29) is 16.7 Å². The summed E-state index contributed by atoms with van der Waals surface area (Å²) in [6, 6.07) is 0.335. The van der Waals surface area contributed by atoms with E-state index in [0.717, 1.165) is 42.3 Å². The second-order valence-corrected chi connectivity index (χ2v) is 9.07. The van der Waals surface area contributed by atoms with Crippen molar-refractivity contribution >= 4 is 39.2 Å². The van der Waals surface area contributed by atoms with E-state index >= 15 is 0 Å². The molecule has 0 radical (unpaired) electrons. The molecule has 2 heterocycles. The number of allylic oxidation sites excluding steroid dienone is 1. The average Bonchev–Trinajstić information content (AvgIpc) is 3.15. The van der Waals surface area contributed by atoms with Gasteiger partial charge >= 0.3 is 0 Å². The summed E-state index contributed by atoms with van der Waals surface area (Å²) in [7, 11) is 0. The van der Waals surface area contributed by atoms with Gasteiger partial charge in [-0.05, 0) is 44.6 Å². The van der Waals surface area contributed by atoms with Crippen LogP contribution in [-0.2, 0) is 24.2 Å². The zero-order valence-electron chi connectivity index (χ0n) is 14.2. The standard InChI is InChI=1S/C18H21N3O2S2/c1-3-9-21-17(23)14-12-5-4-6-13(12)25-16(14)20-18(21)24-10(2)15(22)19-11-7-8-11/h3,10-11H,1,4-9H2,2H3,(H,19,22)/t10-/m1/s1. The third kappa shape index (κ3) is 3.15. The Labute approximate surface area is 154 Å². The maximum atomic E-state index is 13.1. The van der Waals surface area contributed by atoms with Gasteiger partial charge in [0.15, 0.2) is 5.16 Å². The largest absolute Gasteiger partial charge is 0.352 e. The lowest BCUT2D eigenvalue weighted by Crippen LogP contribution is -2.33. The van der Waals surface area contributed by atoms with Crippen molar-refractivity contribution in [3.63, 3.8) is 0 Å². The molecule has 5 nitrogen and oxygen atoms in total. The molecule has 4 rings (SSSR count). The van der Waals surface area contributed by atoms with Crippen molar-refractivity contribution in [1.82, 2.24) is 14.9 Å². The van der Waals surface area contributed by atoms with Crippen molar-refractivity contribution in [2.45, 2.75) is 62.0 Å². The van der Waals surface area contributed by atoms with Crippen LogP contribution >= 0.6 is 23.1 Å². The molecule has 2 aliphatic carbocycles. The van der Waals surface area contributed by atoms with Gasteiger partial charge in [0, 0.05) is 17.5 Å². The maximum Gasteiger partial charge on any atom is 0.263 e. The molecular formula is C18H21N3O2S2. The number of aryl methyl sites for hydroxylation is 2. The normalized spacial score (nSPS) is 17.5. The fraction of sp³-hybridized carbons (Fsp3) is 0.500. The summed E-state index contributed by atoms with van der Waals surface area (Å²) in [4.78, 5) is 32.2. The van der Waals surface area contributed by atoms with Crippen LogP contribution in [0, 0.1) is 0 Å². The van der Waals surface area contributed by atoms with Crippen molar-refractivity contribution in [1.29, 1.82) is 0 Å². The third-order valence-electron chi connectivity index (χ3n) is 4.68. The van der Waals surface area contributed by atoms with Crippen LogP contribution in [-0.4, -0.2) is 26.8 Å². The lowest BCUT2D eigenvalue weighted by molar-refractivity contribution is -0.120. The minimum atomic E-state index is -0.284. The minimum absolute atomic E-state index is 0.00148. The first kappa shape index (κ1) is 16.8. The number of amides is 1. The molecule has 2 aromatic heterocycles. The molecule has 0 spiro atoms. The van der Waals surface area contributed by atoms with Crippen LogP contribution in [0.3, 0.4) is 0 Å². The number of hydrogen-bond acceptors (Lipinski definition) is 5. The van der Waals surface area contributed by atoms with Gasteiger partial charge in [-0.15, -0.1) is 17.9 Å². The molecule has 1 atom stereocenters. The van der Waals surface area contributed by atoms with Gasteiger partial charge in [-0.1, -0.05) is 17.8 Å². The molecule has 25 heavy (non-hydrogen) atoms. The summed E-state index contributed by atoms with van der Waals surface area (Å²) in [6.07, 6.45) is 6.96. The number of thioether (sulfide) groups is 1. The van der Waals surface area contributed by atoms with E-state index in [1.165, 1.54) is 22.2 Å². The first-order valence-electron chi connectivity index (χ1n) is 8.71. The molecule has 132 valence electrons. The van der Waals surface area contributed by atoms with Crippen molar-refractivity contribution in [3.05, 3.63) is 33.4 Å². The summed E-state index contributed by atoms with van der Waals surface area (Å²) in [6.45, 7) is 6.04. The molecule has 0 unspecified atom stereocenters. The monoisotopic (exact) mass is 375 g/mol. The van der Waals surface area contributed by atoms with E-state index in [2.05, 4.69) is 11.9 Å². The molecule has 2 aliphatic rings. The minimum Gasteiger partial charge on any atom is -0.352 e. The highest BCUT2D eigenvalue weighted by Gasteiger charge is 2.28. The van der Waals surface area contributed by atoms with Gasteiger partial charge in [0.1, 0.15) is 4.83 Å². The van der Waals surface area contributed by atoms with Gasteiger partial charge in [-0.2, -0.15) is 0 Å². The molecule has 0 bridgehead atoms. The molecule has 0 aliphatic heterocycles. The highest BCUT2D eigenvalue weighted by Crippen LogP contribution is 2.36. The second kappa shape index (κ2) is 6.61. The molecule has 7 heteroatoms. The Hall–Kier alpha value is -1.60. The number of nitrogens with one attached hydrogen (secondary N) is 1. The zero-order valence-corrected chi connectivity index (χ0v) is 15.8. The van der Waals surface area contributed by atoms with Crippen LogP contribution in [0.2, 0.25) is 0 Å². The van der Waals surface area contributed by atoms with E-state index in [1.807, 2.05) is 6.92 Å². The van der Waals surface area contributed by atoms with Gasteiger partial charge in [-0.3, -0.25) is 14.2 Å². The average molecular weight is 376 g/mol. The molecular weight excluding hydrogens is 354 g/mol. The molecule has 1 N–H and O–H groups in total. The van der Waals surface area contributed by atoms with Crippen molar-refractivity contribution in [2.24, 2.45) is 0 Å². The van der Waals surface area contributed by atoms with Crippen molar-refractivity contribution in [3.8, 4) is 0 Å². The summed E-state index contributed by atoms with van der Waals surface area (Å²) in [5.74, 6) is 0.0145. The fourth-order valence-electron chi connectivity index (χ4n) is 3.20. The van der Waals surface area contributed by atoms with E-state index in [9.17, 15) is 9.59 Å². The van der Waals surface area contributed by atoms with Gasteiger partial charge in [0.05, 0.1) is 10.6 Å². The molecule has 1 amide bonds. The Balaban J connectivity index is 1.71. The number of hydrogen-bond donors (Lipinski definition) is 1.